The van der Waals surface area contributed by atoms with Gasteiger partial charge in [0.25, 0.3) is 0 Å². The van der Waals surface area contributed by atoms with Crippen LogP contribution < -0.4 is 5.32 Å². The van der Waals surface area contributed by atoms with E-state index in [-0.39, 0.29) is 0 Å². The Labute approximate surface area is 109 Å². The van der Waals surface area contributed by atoms with Gasteiger partial charge in [-0.2, -0.15) is 0 Å². The predicted octanol–water partition coefficient (Wildman–Crippen LogP) is 1.70. The van der Waals surface area contributed by atoms with Crippen LogP contribution in [0.3, 0.4) is 0 Å². The second kappa shape index (κ2) is 5.02. The van der Waals surface area contributed by atoms with Crippen LogP contribution in [0.5, 0.6) is 0 Å². The first kappa shape index (κ1) is 12.2. The minimum Gasteiger partial charge on any atom is -0.337 e. The van der Waals surface area contributed by atoms with Gasteiger partial charge in [-0.3, -0.25) is 4.90 Å². The highest BCUT2D eigenvalue weighted by molar-refractivity contribution is 5.01. The standard InChI is InChI=1S/C14H24N4/c1-11(14-15-7-10-17(14)2)16-12-6-9-18-8-4-3-5-13(12)18/h7,10-13,16H,3-6,8-9H2,1-2H3. The molecule has 100 valence electrons. The Morgan fingerprint density at radius 2 is 2.22 bits per heavy atom. The molecule has 0 radical (unpaired) electrons. The van der Waals surface area contributed by atoms with Crippen molar-refractivity contribution in [1.29, 1.82) is 0 Å². The van der Waals surface area contributed by atoms with E-state index in [1.807, 2.05) is 12.4 Å². The zero-order valence-electron chi connectivity index (χ0n) is 11.5. The Kier molecular flexibility index (Phi) is 3.39. The van der Waals surface area contributed by atoms with Gasteiger partial charge < -0.3 is 9.88 Å². The summed E-state index contributed by atoms with van der Waals surface area (Å²) in [6.45, 7) is 4.81. The summed E-state index contributed by atoms with van der Waals surface area (Å²) in [5.41, 5.74) is 0. The normalized spacial score (nSPS) is 30.3. The fourth-order valence-corrected chi connectivity index (χ4v) is 3.63. The zero-order valence-corrected chi connectivity index (χ0v) is 11.5. The van der Waals surface area contributed by atoms with Crippen LogP contribution in [-0.4, -0.2) is 39.6 Å². The van der Waals surface area contributed by atoms with Crippen molar-refractivity contribution in [3.8, 4) is 0 Å². The highest BCUT2D eigenvalue weighted by Crippen LogP contribution is 2.28. The van der Waals surface area contributed by atoms with Gasteiger partial charge in [-0.15, -0.1) is 0 Å². The van der Waals surface area contributed by atoms with E-state index in [0.29, 0.717) is 12.1 Å². The molecular weight excluding hydrogens is 224 g/mol. The molecule has 0 spiro atoms. The van der Waals surface area contributed by atoms with E-state index in [0.717, 1.165) is 11.9 Å². The summed E-state index contributed by atoms with van der Waals surface area (Å²) >= 11 is 0. The van der Waals surface area contributed by atoms with Crippen LogP contribution in [0.1, 0.15) is 44.5 Å². The van der Waals surface area contributed by atoms with Crippen molar-refractivity contribution in [2.45, 2.75) is 50.7 Å². The van der Waals surface area contributed by atoms with Gasteiger partial charge in [-0.25, -0.2) is 4.98 Å². The highest BCUT2D eigenvalue weighted by Gasteiger charge is 2.36. The highest BCUT2D eigenvalue weighted by atomic mass is 15.2. The second-order valence-corrected chi connectivity index (χ2v) is 5.78. The monoisotopic (exact) mass is 248 g/mol. The first-order valence-electron chi connectivity index (χ1n) is 7.23. The first-order valence-corrected chi connectivity index (χ1v) is 7.23. The molecule has 0 amide bonds. The maximum atomic E-state index is 4.45. The number of aryl methyl sites for hydroxylation is 1. The van der Waals surface area contributed by atoms with Crippen molar-refractivity contribution in [1.82, 2.24) is 19.8 Å². The first-order chi connectivity index (χ1) is 8.75. The topological polar surface area (TPSA) is 33.1 Å². The van der Waals surface area contributed by atoms with Crippen LogP contribution >= 0.6 is 0 Å². The van der Waals surface area contributed by atoms with Gasteiger partial charge in [0, 0.05) is 38.1 Å². The lowest BCUT2D eigenvalue weighted by molar-refractivity contribution is 0.176. The third-order valence-electron chi connectivity index (χ3n) is 4.57. The summed E-state index contributed by atoms with van der Waals surface area (Å²) in [5, 5.41) is 3.80. The quantitative estimate of drug-likeness (QED) is 0.884. The SMILES string of the molecule is CC(NC1CCN2CCCCC12)c1nccn1C. The lowest BCUT2D eigenvalue weighted by Gasteiger charge is -2.33. The molecule has 2 aliphatic heterocycles. The summed E-state index contributed by atoms with van der Waals surface area (Å²) < 4.78 is 2.12. The summed E-state index contributed by atoms with van der Waals surface area (Å²) in [7, 11) is 2.07. The van der Waals surface area contributed by atoms with Gasteiger partial charge in [0.2, 0.25) is 0 Å². The van der Waals surface area contributed by atoms with E-state index in [4.69, 9.17) is 0 Å². The van der Waals surface area contributed by atoms with Crippen molar-refractivity contribution in [2.75, 3.05) is 13.1 Å². The summed E-state index contributed by atoms with van der Waals surface area (Å²) in [6, 6.07) is 1.76. The van der Waals surface area contributed by atoms with Gasteiger partial charge >= 0.3 is 0 Å². The summed E-state index contributed by atoms with van der Waals surface area (Å²) in [4.78, 5) is 7.12. The predicted molar refractivity (Wildman–Crippen MR) is 72.4 cm³/mol. The van der Waals surface area contributed by atoms with Gasteiger partial charge in [-0.05, 0) is 32.7 Å². The fourth-order valence-electron chi connectivity index (χ4n) is 3.63. The Balaban J connectivity index is 1.64. The molecule has 2 aliphatic rings. The van der Waals surface area contributed by atoms with E-state index in [1.54, 1.807) is 0 Å². The van der Waals surface area contributed by atoms with Gasteiger partial charge in [0.05, 0.1) is 6.04 Å². The zero-order chi connectivity index (χ0) is 12.5. The Hall–Kier alpha value is -0.870. The molecule has 1 aromatic rings. The maximum absolute atomic E-state index is 4.45. The number of fused-ring (bicyclic) bond motifs is 1. The second-order valence-electron chi connectivity index (χ2n) is 5.78. The number of imidazole rings is 1. The number of hydrogen-bond donors (Lipinski definition) is 1. The Bertz CT molecular complexity index is 400. The van der Waals surface area contributed by atoms with Crippen LogP contribution in [0, 0.1) is 0 Å². The lowest BCUT2D eigenvalue weighted by Crippen LogP contribution is -2.45. The van der Waals surface area contributed by atoms with Crippen LogP contribution in [0.15, 0.2) is 12.4 Å². The van der Waals surface area contributed by atoms with Crippen molar-refractivity contribution in [3.05, 3.63) is 18.2 Å². The van der Waals surface area contributed by atoms with E-state index in [2.05, 4.69) is 33.7 Å². The van der Waals surface area contributed by atoms with Crippen LogP contribution in [0.25, 0.3) is 0 Å². The smallest absolute Gasteiger partial charge is 0.125 e. The molecule has 0 aliphatic carbocycles. The molecule has 3 unspecified atom stereocenters. The summed E-state index contributed by atoms with van der Waals surface area (Å²) in [6.07, 6.45) is 9.35. The number of nitrogens with one attached hydrogen (secondary N) is 1. The van der Waals surface area contributed by atoms with Crippen molar-refractivity contribution in [2.24, 2.45) is 7.05 Å². The molecule has 0 saturated carbocycles. The minimum atomic E-state index is 0.344. The van der Waals surface area contributed by atoms with Gasteiger partial charge in [0.15, 0.2) is 0 Å². The molecular formula is C14H24N4. The van der Waals surface area contributed by atoms with E-state index < -0.39 is 0 Å². The molecule has 0 bridgehead atoms. The molecule has 2 fully saturated rings. The van der Waals surface area contributed by atoms with Crippen molar-refractivity contribution in [3.63, 3.8) is 0 Å². The molecule has 1 aromatic heterocycles. The number of nitrogens with zero attached hydrogens (tertiary/aromatic N) is 3. The van der Waals surface area contributed by atoms with Gasteiger partial charge in [0.1, 0.15) is 5.82 Å². The number of rotatable bonds is 3. The molecule has 4 nitrogen and oxygen atoms in total. The number of hydrogen-bond acceptors (Lipinski definition) is 3. The molecule has 1 N–H and O–H groups in total. The largest absolute Gasteiger partial charge is 0.337 e. The molecule has 3 rings (SSSR count). The average Bonchev–Trinajstić information content (AvgIpc) is 2.97. The Morgan fingerprint density at radius 1 is 1.33 bits per heavy atom. The van der Waals surface area contributed by atoms with Crippen LogP contribution in [0.2, 0.25) is 0 Å². The molecule has 4 heteroatoms. The van der Waals surface area contributed by atoms with Crippen LogP contribution in [0.4, 0.5) is 0 Å². The van der Waals surface area contributed by atoms with E-state index >= 15 is 0 Å². The molecule has 2 saturated heterocycles. The third kappa shape index (κ3) is 2.19. The van der Waals surface area contributed by atoms with E-state index in [1.165, 1.54) is 38.8 Å². The number of piperidine rings is 1. The summed E-state index contributed by atoms with van der Waals surface area (Å²) in [5.74, 6) is 1.14. The average molecular weight is 248 g/mol. The van der Waals surface area contributed by atoms with Crippen molar-refractivity contribution < 1.29 is 0 Å². The Morgan fingerprint density at radius 3 is 3.00 bits per heavy atom. The van der Waals surface area contributed by atoms with Crippen molar-refractivity contribution >= 4 is 0 Å². The minimum absolute atomic E-state index is 0.344. The molecule has 3 atom stereocenters. The molecule has 0 aromatic carbocycles. The fraction of sp³-hybridized carbons (Fsp3) is 0.786. The van der Waals surface area contributed by atoms with Gasteiger partial charge in [-0.1, -0.05) is 6.42 Å². The number of aromatic nitrogens is 2. The lowest BCUT2D eigenvalue weighted by atomic mass is 9.98. The van der Waals surface area contributed by atoms with Crippen LogP contribution in [-0.2, 0) is 7.05 Å². The third-order valence-corrected chi connectivity index (χ3v) is 4.57. The molecule has 3 heterocycles. The maximum Gasteiger partial charge on any atom is 0.125 e. The van der Waals surface area contributed by atoms with E-state index in [9.17, 15) is 0 Å². The molecule has 18 heavy (non-hydrogen) atoms.